The number of benzene rings is 1. The van der Waals surface area contributed by atoms with Crippen LogP contribution in [0, 0.1) is 5.41 Å². The maximum atomic E-state index is 12.5. The van der Waals surface area contributed by atoms with Crippen LogP contribution in [0.4, 0.5) is 0 Å². The molecule has 2 aromatic rings. The highest BCUT2D eigenvalue weighted by atomic mass is 35.5. The van der Waals surface area contributed by atoms with Crippen molar-refractivity contribution >= 4 is 23.5 Å². The summed E-state index contributed by atoms with van der Waals surface area (Å²) >= 11 is 5.90. The zero-order valence-corrected chi connectivity index (χ0v) is 16.8. The van der Waals surface area contributed by atoms with Crippen molar-refractivity contribution < 1.29 is 14.7 Å². The van der Waals surface area contributed by atoms with Gasteiger partial charge in [-0.15, -0.1) is 0 Å². The molecule has 0 radical (unpaired) electrons. The SMILES string of the molecule is O=C(O)CC1(CNC(=O)Cn2cc(-c3ccc(Cl)cc3)ncc2=O)CCCCC1. The van der Waals surface area contributed by atoms with E-state index in [0.29, 0.717) is 17.3 Å². The van der Waals surface area contributed by atoms with E-state index in [9.17, 15) is 19.5 Å². The molecule has 1 aliphatic carbocycles. The van der Waals surface area contributed by atoms with Crippen LogP contribution < -0.4 is 10.9 Å². The van der Waals surface area contributed by atoms with E-state index in [0.717, 1.165) is 37.7 Å². The van der Waals surface area contributed by atoms with Crippen molar-refractivity contribution in [2.24, 2.45) is 5.41 Å². The van der Waals surface area contributed by atoms with Crippen LogP contribution in [0.5, 0.6) is 0 Å². The highest BCUT2D eigenvalue weighted by Gasteiger charge is 2.34. The number of aromatic nitrogens is 2. The maximum absolute atomic E-state index is 12.5. The maximum Gasteiger partial charge on any atom is 0.303 e. The second kappa shape index (κ2) is 9.22. The molecule has 1 aromatic heterocycles. The Morgan fingerprint density at radius 1 is 1.17 bits per heavy atom. The van der Waals surface area contributed by atoms with Crippen molar-refractivity contribution in [3.63, 3.8) is 0 Å². The average Bonchev–Trinajstić information content (AvgIpc) is 2.69. The minimum Gasteiger partial charge on any atom is -0.481 e. The highest BCUT2D eigenvalue weighted by molar-refractivity contribution is 6.30. The van der Waals surface area contributed by atoms with Gasteiger partial charge in [0.25, 0.3) is 5.56 Å². The molecule has 7 nitrogen and oxygen atoms in total. The fraction of sp³-hybridized carbons (Fsp3) is 0.429. The van der Waals surface area contributed by atoms with Gasteiger partial charge in [0.2, 0.25) is 5.91 Å². The molecule has 1 amide bonds. The normalized spacial score (nSPS) is 15.6. The first-order chi connectivity index (χ1) is 13.9. The van der Waals surface area contributed by atoms with Crippen LogP contribution in [0.25, 0.3) is 11.3 Å². The third-order valence-corrected chi connectivity index (χ3v) is 5.68. The van der Waals surface area contributed by atoms with Crippen LogP contribution in [0.2, 0.25) is 5.02 Å². The molecular weight excluding hydrogens is 394 g/mol. The Morgan fingerprint density at radius 3 is 2.52 bits per heavy atom. The van der Waals surface area contributed by atoms with Gasteiger partial charge in [-0.2, -0.15) is 0 Å². The van der Waals surface area contributed by atoms with Gasteiger partial charge in [0.05, 0.1) is 18.3 Å². The molecule has 1 heterocycles. The summed E-state index contributed by atoms with van der Waals surface area (Å²) in [5.41, 5.74) is 0.558. The molecule has 0 aliphatic heterocycles. The van der Waals surface area contributed by atoms with Gasteiger partial charge in [0.1, 0.15) is 6.54 Å². The van der Waals surface area contributed by atoms with Crippen molar-refractivity contribution in [1.29, 1.82) is 0 Å². The Hall–Kier alpha value is -2.67. The number of aliphatic carboxylic acids is 1. The zero-order valence-electron chi connectivity index (χ0n) is 16.1. The summed E-state index contributed by atoms with van der Waals surface area (Å²) in [6.45, 7) is 0.160. The minimum absolute atomic E-state index is 0.0448. The number of carbonyl (C=O) groups excluding carboxylic acids is 1. The van der Waals surface area contributed by atoms with E-state index in [1.165, 1.54) is 10.8 Å². The van der Waals surface area contributed by atoms with Gasteiger partial charge in [-0.05, 0) is 30.4 Å². The van der Waals surface area contributed by atoms with Crippen LogP contribution >= 0.6 is 11.6 Å². The summed E-state index contributed by atoms with van der Waals surface area (Å²) in [6.07, 6.45) is 7.38. The monoisotopic (exact) mass is 417 g/mol. The molecule has 0 saturated heterocycles. The third kappa shape index (κ3) is 5.67. The predicted octanol–water partition coefficient (Wildman–Crippen LogP) is 3.11. The molecule has 0 spiro atoms. The van der Waals surface area contributed by atoms with Gasteiger partial charge >= 0.3 is 5.97 Å². The smallest absolute Gasteiger partial charge is 0.303 e. The molecule has 154 valence electrons. The summed E-state index contributed by atoms with van der Waals surface area (Å²) in [4.78, 5) is 40.0. The molecule has 8 heteroatoms. The van der Waals surface area contributed by atoms with Gasteiger partial charge in [-0.1, -0.05) is 43.0 Å². The number of halogens is 1. The molecule has 2 N–H and O–H groups in total. The number of hydrogen-bond donors (Lipinski definition) is 2. The third-order valence-electron chi connectivity index (χ3n) is 5.43. The largest absolute Gasteiger partial charge is 0.481 e. The Labute approximate surface area is 173 Å². The molecule has 3 rings (SSSR count). The lowest BCUT2D eigenvalue weighted by molar-refractivity contribution is -0.140. The number of rotatable bonds is 7. The molecule has 0 bridgehead atoms. The number of carboxylic acid groups (broad SMARTS) is 1. The minimum atomic E-state index is -0.848. The van der Waals surface area contributed by atoms with E-state index < -0.39 is 11.4 Å². The van der Waals surface area contributed by atoms with E-state index in [1.807, 2.05) is 0 Å². The fourth-order valence-corrected chi connectivity index (χ4v) is 4.00. The number of carboxylic acids is 1. The quantitative estimate of drug-likeness (QED) is 0.720. The van der Waals surface area contributed by atoms with Gasteiger partial charge in [-0.3, -0.25) is 14.4 Å². The lowest BCUT2D eigenvalue weighted by Crippen LogP contribution is -2.42. The first kappa shape index (κ1) is 21.0. The number of amides is 1. The average molecular weight is 418 g/mol. The predicted molar refractivity (Wildman–Crippen MR) is 110 cm³/mol. The van der Waals surface area contributed by atoms with Crippen molar-refractivity contribution in [3.8, 4) is 11.3 Å². The first-order valence-corrected chi connectivity index (χ1v) is 10.1. The Balaban J connectivity index is 1.68. The van der Waals surface area contributed by atoms with Gasteiger partial charge in [0.15, 0.2) is 0 Å². The summed E-state index contributed by atoms with van der Waals surface area (Å²) < 4.78 is 1.30. The number of carbonyl (C=O) groups is 2. The topological polar surface area (TPSA) is 101 Å². The van der Waals surface area contributed by atoms with Gasteiger partial charge in [-0.25, -0.2) is 4.98 Å². The summed E-state index contributed by atoms with van der Waals surface area (Å²) in [6, 6.07) is 7.04. The number of hydrogen-bond acceptors (Lipinski definition) is 4. The van der Waals surface area contributed by atoms with Crippen molar-refractivity contribution in [2.75, 3.05) is 6.54 Å². The highest BCUT2D eigenvalue weighted by Crippen LogP contribution is 2.38. The molecule has 0 atom stereocenters. The number of nitrogens with one attached hydrogen (secondary N) is 1. The number of nitrogens with zero attached hydrogens (tertiary/aromatic N) is 2. The van der Waals surface area contributed by atoms with Crippen LogP contribution in [-0.2, 0) is 16.1 Å². The van der Waals surface area contributed by atoms with E-state index >= 15 is 0 Å². The van der Waals surface area contributed by atoms with Crippen molar-refractivity contribution in [2.45, 2.75) is 45.1 Å². The van der Waals surface area contributed by atoms with E-state index in [1.54, 1.807) is 30.5 Å². The Morgan fingerprint density at radius 2 is 1.86 bits per heavy atom. The lowest BCUT2D eigenvalue weighted by Gasteiger charge is -2.36. The Kier molecular flexibility index (Phi) is 6.69. The van der Waals surface area contributed by atoms with E-state index in [-0.39, 0.29) is 24.4 Å². The molecule has 0 unspecified atom stereocenters. The van der Waals surface area contributed by atoms with Crippen LogP contribution in [0.1, 0.15) is 38.5 Å². The van der Waals surface area contributed by atoms with Crippen molar-refractivity contribution in [3.05, 3.63) is 52.0 Å². The standard InChI is InChI=1S/C21H24ClN3O4/c22-16-6-4-15(5-7-16)17-12-25(19(27)11-23-17)13-18(26)24-14-21(10-20(28)29)8-2-1-3-9-21/h4-7,11-12H,1-3,8-10,13-14H2,(H,24,26)(H,28,29). The van der Waals surface area contributed by atoms with E-state index in [4.69, 9.17) is 11.6 Å². The molecule has 1 aromatic carbocycles. The van der Waals surface area contributed by atoms with Crippen molar-refractivity contribution in [1.82, 2.24) is 14.9 Å². The van der Waals surface area contributed by atoms with Crippen LogP contribution in [-0.4, -0.2) is 33.1 Å². The molecular formula is C21H24ClN3O4. The summed E-state index contributed by atoms with van der Waals surface area (Å²) in [5.74, 6) is -1.17. The molecule has 1 aliphatic rings. The van der Waals surface area contributed by atoms with Crippen LogP contribution in [0.3, 0.4) is 0 Å². The summed E-state index contributed by atoms with van der Waals surface area (Å²) in [7, 11) is 0. The second-order valence-electron chi connectivity index (χ2n) is 7.65. The molecule has 29 heavy (non-hydrogen) atoms. The summed E-state index contributed by atoms with van der Waals surface area (Å²) in [5, 5.41) is 12.7. The molecule has 1 fully saturated rings. The molecule has 1 saturated carbocycles. The fourth-order valence-electron chi connectivity index (χ4n) is 3.87. The van der Waals surface area contributed by atoms with Crippen LogP contribution in [0.15, 0.2) is 41.5 Å². The first-order valence-electron chi connectivity index (χ1n) is 9.68. The zero-order chi connectivity index (χ0) is 20.9. The van der Waals surface area contributed by atoms with Gasteiger partial charge < -0.3 is 15.0 Å². The second-order valence-corrected chi connectivity index (χ2v) is 8.09. The Bertz CT molecular complexity index is 934. The lowest BCUT2D eigenvalue weighted by atomic mass is 9.71. The van der Waals surface area contributed by atoms with E-state index in [2.05, 4.69) is 10.3 Å². The van der Waals surface area contributed by atoms with Gasteiger partial charge in [0, 0.05) is 23.3 Å².